The van der Waals surface area contributed by atoms with Gasteiger partial charge in [-0.15, -0.1) is 0 Å². The number of benzene rings is 1. The number of ether oxygens (including phenoxy) is 1. The van der Waals surface area contributed by atoms with E-state index in [1.807, 2.05) is 26.0 Å². The Morgan fingerprint density at radius 2 is 2.09 bits per heavy atom. The first kappa shape index (κ1) is 14.6. The smallest absolute Gasteiger partial charge is 0.255 e. The van der Waals surface area contributed by atoms with E-state index in [4.69, 9.17) is 4.74 Å². The lowest BCUT2D eigenvalue weighted by molar-refractivity contribution is -0.136. The van der Waals surface area contributed by atoms with Gasteiger partial charge in [-0.1, -0.05) is 0 Å². The molecule has 0 aliphatic carbocycles. The number of nitrogens with one attached hydrogen (secondary N) is 1. The lowest BCUT2D eigenvalue weighted by Crippen LogP contribution is -2.52. The molecule has 3 rings (SSSR count). The van der Waals surface area contributed by atoms with Gasteiger partial charge in [-0.2, -0.15) is 0 Å². The van der Waals surface area contributed by atoms with Gasteiger partial charge in [0.25, 0.3) is 5.91 Å². The number of aryl methyl sites for hydroxylation is 1. The SMILES string of the molecule is CCOc1cc(C)c2c(c1)CN(C1CCC(=O)NC1=O)C2=O. The third kappa shape index (κ3) is 2.34. The zero-order chi connectivity index (χ0) is 15.9. The van der Waals surface area contributed by atoms with Crippen LogP contribution in [0.25, 0.3) is 0 Å². The Hall–Kier alpha value is -2.37. The summed E-state index contributed by atoms with van der Waals surface area (Å²) < 4.78 is 5.51. The van der Waals surface area contributed by atoms with Gasteiger partial charge in [-0.05, 0) is 43.5 Å². The highest BCUT2D eigenvalue weighted by Gasteiger charge is 2.39. The minimum Gasteiger partial charge on any atom is -0.494 e. The number of imide groups is 1. The maximum absolute atomic E-state index is 12.6. The fourth-order valence-corrected chi connectivity index (χ4v) is 3.14. The summed E-state index contributed by atoms with van der Waals surface area (Å²) in [5.41, 5.74) is 2.37. The maximum Gasteiger partial charge on any atom is 0.255 e. The molecule has 1 N–H and O–H groups in total. The molecule has 1 saturated heterocycles. The van der Waals surface area contributed by atoms with Gasteiger partial charge in [0.1, 0.15) is 11.8 Å². The second-order valence-electron chi connectivity index (χ2n) is 5.61. The molecular weight excluding hydrogens is 284 g/mol. The monoisotopic (exact) mass is 302 g/mol. The molecule has 2 heterocycles. The molecule has 3 amide bonds. The summed E-state index contributed by atoms with van der Waals surface area (Å²) in [7, 11) is 0. The number of nitrogens with zero attached hydrogens (tertiary/aromatic N) is 1. The standard InChI is InChI=1S/C16H18N2O4/c1-3-22-11-6-9(2)14-10(7-11)8-18(16(14)21)12-4-5-13(19)17-15(12)20/h6-7,12H,3-5,8H2,1-2H3,(H,17,19,20). The molecule has 0 radical (unpaired) electrons. The first-order valence-electron chi connectivity index (χ1n) is 7.42. The van der Waals surface area contributed by atoms with Crippen LogP contribution in [0.2, 0.25) is 0 Å². The van der Waals surface area contributed by atoms with Crippen molar-refractivity contribution >= 4 is 17.7 Å². The molecule has 116 valence electrons. The topological polar surface area (TPSA) is 75.7 Å². The fourth-order valence-electron chi connectivity index (χ4n) is 3.14. The van der Waals surface area contributed by atoms with Gasteiger partial charge in [0.15, 0.2) is 0 Å². The van der Waals surface area contributed by atoms with Crippen LogP contribution in [-0.4, -0.2) is 35.3 Å². The Labute approximate surface area is 128 Å². The second-order valence-corrected chi connectivity index (χ2v) is 5.61. The number of carbonyl (C=O) groups is 3. The molecule has 0 saturated carbocycles. The number of fused-ring (bicyclic) bond motifs is 1. The number of hydrogen-bond donors (Lipinski definition) is 1. The van der Waals surface area contributed by atoms with Crippen molar-refractivity contribution in [3.05, 3.63) is 28.8 Å². The first-order valence-corrected chi connectivity index (χ1v) is 7.42. The Bertz CT molecular complexity index is 668. The number of piperidine rings is 1. The molecule has 1 aromatic rings. The van der Waals surface area contributed by atoms with Crippen LogP contribution in [0.3, 0.4) is 0 Å². The third-order valence-corrected chi connectivity index (χ3v) is 4.10. The number of rotatable bonds is 3. The van der Waals surface area contributed by atoms with Crippen molar-refractivity contribution in [3.8, 4) is 5.75 Å². The molecule has 0 spiro atoms. The molecule has 2 aliphatic heterocycles. The molecule has 0 bridgehead atoms. The van der Waals surface area contributed by atoms with Crippen LogP contribution in [0.5, 0.6) is 5.75 Å². The van der Waals surface area contributed by atoms with E-state index in [1.54, 1.807) is 4.90 Å². The predicted octanol–water partition coefficient (Wildman–Crippen LogP) is 1.15. The zero-order valence-corrected chi connectivity index (χ0v) is 12.6. The molecular formula is C16H18N2O4. The van der Waals surface area contributed by atoms with E-state index in [0.29, 0.717) is 25.1 Å². The lowest BCUT2D eigenvalue weighted by Gasteiger charge is -2.29. The zero-order valence-electron chi connectivity index (χ0n) is 12.6. The highest BCUT2D eigenvalue weighted by atomic mass is 16.5. The Morgan fingerprint density at radius 1 is 1.32 bits per heavy atom. The van der Waals surface area contributed by atoms with Crippen LogP contribution in [0.15, 0.2) is 12.1 Å². The lowest BCUT2D eigenvalue weighted by atomic mass is 10.0. The van der Waals surface area contributed by atoms with Crippen molar-refractivity contribution in [2.24, 2.45) is 0 Å². The van der Waals surface area contributed by atoms with Crippen molar-refractivity contribution in [3.63, 3.8) is 0 Å². The molecule has 2 aliphatic rings. The van der Waals surface area contributed by atoms with Gasteiger partial charge in [0.2, 0.25) is 11.8 Å². The molecule has 0 aromatic heterocycles. The quantitative estimate of drug-likeness (QED) is 0.850. The van der Waals surface area contributed by atoms with E-state index in [1.165, 1.54) is 0 Å². The molecule has 1 fully saturated rings. The van der Waals surface area contributed by atoms with Gasteiger partial charge in [-0.25, -0.2) is 0 Å². The van der Waals surface area contributed by atoms with E-state index >= 15 is 0 Å². The van der Waals surface area contributed by atoms with Crippen LogP contribution in [0.4, 0.5) is 0 Å². The average Bonchev–Trinajstić information content (AvgIpc) is 2.76. The summed E-state index contributed by atoms with van der Waals surface area (Å²) in [6, 6.07) is 3.12. The van der Waals surface area contributed by atoms with Gasteiger partial charge in [-0.3, -0.25) is 19.7 Å². The minimum absolute atomic E-state index is 0.148. The molecule has 22 heavy (non-hydrogen) atoms. The van der Waals surface area contributed by atoms with Gasteiger partial charge in [0.05, 0.1) is 6.61 Å². The van der Waals surface area contributed by atoms with Crippen molar-refractivity contribution in [1.29, 1.82) is 0 Å². The summed E-state index contributed by atoms with van der Waals surface area (Å²) in [5, 5.41) is 2.30. The van der Waals surface area contributed by atoms with Gasteiger partial charge < -0.3 is 9.64 Å². The highest BCUT2D eigenvalue weighted by Crippen LogP contribution is 2.32. The molecule has 6 heteroatoms. The second kappa shape index (κ2) is 5.44. The molecule has 1 unspecified atom stereocenters. The van der Waals surface area contributed by atoms with Crippen molar-refractivity contribution < 1.29 is 19.1 Å². The number of amides is 3. The molecule has 6 nitrogen and oxygen atoms in total. The first-order chi connectivity index (χ1) is 10.5. The molecule has 1 aromatic carbocycles. The average molecular weight is 302 g/mol. The van der Waals surface area contributed by atoms with Crippen molar-refractivity contribution in [2.75, 3.05) is 6.61 Å². The Balaban J connectivity index is 1.89. The van der Waals surface area contributed by atoms with Crippen LogP contribution in [0.1, 0.15) is 41.3 Å². The van der Waals surface area contributed by atoms with Crippen molar-refractivity contribution in [1.82, 2.24) is 10.2 Å². The van der Waals surface area contributed by atoms with Crippen LogP contribution in [0, 0.1) is 6.92 Å². The van der Waals surface area contributed by atoms with Crippen molar-refractivity contribution in [2.45, 2.75) is 39.3 Å². The Kier molecular flexibility index (Phi) is 3.60. The van der Waals surface area contributed by atoms with E-state index in [-0.39, 0.29) is 24.1 Å². The predicted molar refractivity (Wildman–Crippen MR) is 78.4 cm³/mol. The van der Waals surface area contributed by atoms with Gasteiger partial charge in [0, 0.05) is 18.5 Å². The van der Waals surface area contributed by atoms with E-state index in [0.717, 1.165) is 16.9 Å². The largest absolute Gasteiger partial charge is 0.494 e. The normalized spacial score (nSPS) is 20.9. The van der Waals surface area contributed by atoms with Crippen LogP contribution >= 0.6 is 0 Å². The number of carbonyl (C=O) groups excluding carboxylic acids is 3. The highest BCUT2D eigenvalue weighted by molar-refractivity contribution is 6.06. The fraction of sp³-hybridized carbons (Fsp3) is 0.438. The van der Waals surface area contributed by atoms with Crippen LogP contribution in [-0.2, 0) is 16.1 Å². The minimum atomic E-state index is -0.576. The van der Waals surface area contributed by atoms with Gasteiger partial charge >= 0.3 is 0 Å². The summed E-state index contributed by atoms with van der Waals surface area (Å²) in [6.07, 6.45) is 0.640. The number of hydrogen-bond acceptors (Lipinski definition) is 4. The summed E-state index contributed by atoms with van der Waals surface area (Å²) in [4.78, 5) is 37.4. The summed E-state index contributed by atoms with van der Waals surface area (Å²) in [6.45, 7) is 4.71. The Morgan fingerprint density at radius 3 is 2.77 bits per heavy atom. The van der Waals surface area contributed by atoms with E-state index < -0.39 is 6.04 Å². The molecule has 1 atom stereocenters. The third-order valence-electron chi connectivity index (χ3n) is 4.10. The summed E-state index contributed by atoms with van der Waals surface area (Å²) >= 11 is 0. The maximum atomic E-state index is 12.6. The van der Waals surface area contributed by atoms with Crippen LogP contribution < -0.4 is 10.1 Å². The summed E-state index contributed by atoms with van der Waals surface area (Å²) in [5.74, 6) is -0.0814. The van der Waals surface area contributed by atoms with E-state index in [2.05, 4.69) is 5.32 Å². The van der Waals surface area contributed by atoms with E-state index in [9.17, 15) is 14.4 Å².